The topological polar surface area (TPSA) is 0 Å². The molecule has 0 unspecified atom stereocenters. The molecule has 0 radical (unpaired) electrons. The second-order valence-corrected chi connectivity index (χ2v) is 5.09. The molecule has 0 N–H and O–H groups in total. The van der Waals surface area contributed by atoms with Crippen molar-refractivity contribution < 1.29 is 0 Å². The van der Waals surface area contributed by atoms with Crippen LogP contribution in [0.1, 0.15) is 20.8 Å². The van der Waals surface area contributed by atoms with E-state index in [1.807, 2.05) is 6.07 Å². The molecular weight excluding hydrogens is 175 g/mol. The van der Waals surface area contributed by atoms with Gasteiger partial charge in [-0.15, -0.1) is 0 Å². The maximum absolute atomic E-state index is 3.29. The first-order chi connectivity index (χ1) is 6.08. The Labute approximate surface area is 82.1 Å². The molecule has 0 heterocycles. The van der Waals surface area contributed by atoms with Gasteiger partial charge >= 0.3 is 0 Å². The van der Waals surface area contributed by atoms with Crippen molar-refractivity contribution in [3.05, 3.63) is 36.4 Å². The molecule has 0 bridgehead atoms. The molecule has 0 fully saturated rings. The fourth-order valence-corrected chi connectivity index (χ4v) is 1.73. The van der Waals surface area contributed by atoms with Crippen LogP contribution in [0.5, 0.6) is 0 Å². The van der Waals surface area contributed by atoms with Gasteiger partial charge in [0.25, 0.3) is 0 Å². The molecule has 1 heteroatoms. The molecule has 0 saturated heterocycles. The minimum Gasteiger partial charge on any atom is -0.0924 e. The van der Waals surface area contributed by atoms with Crippen molar-refractivity contribution in [1.29, 1.82) is 0 Å². The summed E-state index contributed by atoms with van der Waals surface area (Å²) in [5.41, 5.74) is 3.53. The third kappa shape index (κ3) is 4.68. The molecule has 1 rings (SSSR count). The first-order valence-corrected chi connectivity index (χ1v) is 5.33. The van der Waals surface area contributed by atoms with E-state index in [-0.39, 0.29) is 5.41 Å². The van der Waals surface area contributed by atoms with Crippen LogP contribution in [0.25, 0.3) is 0 Å². The van der Waals surface area contributed by atoms with E-state index < -0.39 is 0 Å². The van der Waals surface area contributed by atoms with E-state index in [1.54, 1.807) is 0 Å². The molecule has 0 aliphatic heterocycles. The molecular formula is C12H15P. The highest BCUT2D eigenvalue weighted by atomic mass is 31.1. The van der Waals surface area contributed by atoms with E-state index in [1.165, 1.54) is 5.30 Å². The summed E-state index contributed by atoms with van der Waals surface area (Å²) in [5, 5.41) is 1.29. The average Bonchev–Trinajstić information content (AvgIpc) is 2.04. The molecule has 0 aliphatic rings. The highest BCUT2D eigenvalue weighted by Gasteiger charge is 2.02. The zero-order valence-corrected chi connectivity index (χ0v) is 9.31. The minimum absolute atomic E-state index is 0.238. The zero-order chi connectivity index (χ0) is 9.73. The van der Waals surface area contributed by atoms with Gasteiger partial charge in [0.05, 0.1) is 0 Å². The van der Waals surface area contributed by atoms with Crippen LogP contribution in [-0.2, 0) is 0 Å². The fraction of sp³-hybridized carbons (Fsp3) is 0.333. The Morgan fingerprint density at radius 1 is 1.15 bits per heavy atom. The van der Waals surface area contributed by atoms with Gasteiger partial charge in [-0.05, 0) is 31.8 Å². The van der Waals surface area contributed by atoms with Gasteiger partial charge < -0.3 is 0 Å². The molecule has 0 spiro atoms. The maximum atomic E-state index is 3.29. The van der Waals surface area contributed by atoms with Crippen LogP contribution in [0.3, 0.4) is 0 Å². The zero-order valence-electron chi connectivity index (χ0n) is 8.41. The standard InChI is InChI=1S/C12H15P/c1-12(2,3)9-10-13-11-7-5-4-6-8-11/h4-9H,1-3H3. The smallest absolute Gasteiger partial charge is 0.00960 e. The number of rotatable bonds is 1. The lowest BCUT2D eigenvalue weighted by Gasteiger charge is -2.07. The van der Waals surface area contributed by atoms with Crippen molar-refractivity contribution in [2.45, 2.75) is 20.8 Å². The monoisotopic (exact) mass is 190 g/mol. The summed E-state index contributed by atoms with van der Waals surface area (Å²) >= 11 is 0. The van der Waals surface area contributed by atoms with E-state index in [0.717, 1.165) is 8.20 Å². The second-order valence-electron chi connectivity index (χ2n) is 4.09. The third-order valence-electron chi connectivity index (χ3n) is 1.45. The molecule has 0 amide bonds. The number of allylic oxidation sites excluding steroid dienone is 1. The Bertz CT molecular complexity index is 311. The Kier molecular flexibility index (Phi) is 3.48. The second kappa shape index (κ2) is 4.42. The SMILES string of the molecule is CC(C)(C)C=C=Pc1ccccc1. The molecule has 13 heavy (non-hydrogen) atoms. The Balaban J connectivity index is 2.75. The first-order valence-electron chi connectivity index (χ1n) is 4.44. The van der Waals surface area contributed by atoms with Crippen molar-refractivity contribution in [3.8, 4) is 0 Å². The normalized spacial score (nSPS) is 11.0. The van der Waals surface area contributed by atoms with Gasteiger partial charge in [-0.25, -0.2) is 0 Å². The Morgan fingerprint density at radius 2 is 1.77 bits per heavy atom. The van der Waals surface area contributed by atoms with E-state index in [9.17, 15) is 0 Å². The molecule has 1 aromatic carbocycles. The predicted octanol–water partition coefficient (Wildman–Crippen LogP) is 3.26. The molecule has 0 aliphatic carbocycles. The summed E-state index contributed by atoms with van der Waals surface area (Å²) in [5.74, 6) is 0. The van der Waals surface area contributed by atoms with Gasteiger partial charge in [0, 0.05) is 5.30 Å². The summed E-state index contributed by atoms with van der Waals surface area (Å²) in [4.78, 5) is 0. The van der Waals surface area contributed by atoms with Crippen molar-refractivity contribution in [1.82, 2.24) is 0 Å². The summed E-state index contributed by atoms with van der Waals surface area (Å²) in [7, 11) is 1.16. The van der Waals surface area contributed by atoms with Gasteiger partial charge in [0.15, 0.2) is 0 Å². The highest BCUT2D eigenvalue weighted by molar-refractivity contribution is 7.46. The van der Waals surface area contributed by atoms with Gasteiger partial charge in [0.2, 0.25) is 0 Å². The van der Waals surface area contributed by atoms with Gasteiger partial charge in [0.1, 0.15) is 0 Å². The highest BCUT2D eigenvalue weighted by Crippen LogP contribution is 2.12. The number of benzene rings is 1. The van der Waals surface area contributed by atoms with Gasteiger partial charge in [-0.2, -0.15) is 0 Å². The summed E-state index contributed by atoms with van der Waals surface area (Å²) in [6.07, 6.45) is 2.13. The number of hydrogen-bond donors (Lipinski definition) is 0. The molecule has 0 atom stereocenters. The van der Waals surface area contributed by atoms with Crippen LogP contribution in [0, 0.1) is 5.41 Å². The van der Waals surface area contributed by atoms with Gasteiger partial charge in [-0.1, -0.05) is 44.4 Å². The molecule has 68 valence electrons. The largest absolute Gasteiger partial charge is 0.0924 e. The Hall–Kier alpha value is -0.830. The lowest BCUT2D eigenvalue weighted by atomic mass is 9.98. The van der Waals surface area contributed by atoms with Crippen molar-refractivity contribution in [3.63, 3.8) is 0 Å². The van der Waals surface area contributed by atoms with Crippen molar-refractivity contribution in [2.75, 3.05) is 0 Å². The van der Waals surface area contributed by atoms with E-state index in [4.69, 9.17) is 0 Å². The fourth-order valence-electron chi connectivity index (χ4n) is 0.803. The lowest BCUT2D eigenvalue weighted by molar-refractivity contribution is 0.549. The van der Waals surface area contributed by atoms with Crippen molar-refractivity contribution in [2.24, 2.45) is 5.41 Å². The molecule has 0 saturated carbocycles. The maximum Gasteiger partial charge on any atom is 0.00960 e. The van der Waals surface area contributed by atoms with E-state index >= 15 is 0 Å². The van der Waals surface area contributed by atoms with Gasteiger partial charge in [-0.3, -0.25) is 0 Å². The summed E-state index contributed by atoms with van der Waals surface area (Å²) < 4.78 is 0. The van der Waals surface area contributed by atoms with Crippen LogP contribution >= 0.6 is 8.20 Å². The lowest BCUT2D eigenvalue weighted by Crippen LogP contribution is -1.98. The molecule has 0 aromatic heterocycles. The predicted molar refractivity (Wildman–Crippen MR) is 62.0 cm³/mol. The van der Waals surface area contributed by atoms with E-state index in [0.29, 0.717) is 0 Å². The van der Waals surface area contributed by atoms with Crippen LogP contribution in [0.15, 0.2) is 36.4 Å². The third-order valence-corrected chi connectivity index (χ3v) is 2.26. The van der Waals surface area contributed by atoms with Crippen LogP contribution < -0.4 is 5.30 Å². The summed E-state index contributed by atoms with van der Waals surface area (Å²) in [6, 6.07) is 10.4. The van der Waals surface area contributed by atoms with E-state index in [2.05, 4.69) is 56.6 Å². The summed E-state index contributed by atoms with van der Waals surface area (Å²) in [6.45, 7) is 6.54. The van der Waals surface area contributed by atoms with Crippen LogP contribution in [-0.4, -0.2) is 5.45 Å². The Morgan fingerprint density at radius 3 is 2.31 bits per heavy atom. The quantitative estimate of drug-likeness (QED) is 0.596. The van der Waals surface area contributed by atoms with Crippen molar-refractivity contribution >= 4 is 19.0 Å². The molecule has 0 nitrogen and oxygen atoms in total. The number of hydrogen-bond acceptors (Lipinski definition) is 0. The molecule has 1 aromatic rings. The minimum atomic E-state index is 0.238. The van der Waals surface area contributed by atoms with Crippen LogP contribution in [0.2, 0.25) is 0 Å². The van der Waals surface area contributed by atoms with Crippen LogP contribution in [0.4, 0.5) is 0 Å². The first kappa shape index (κ1) is 10.3. The average molecular weight is 190 g/mol.